The predicted octanol–water partition coefficient (Wildman–Crippen LogP) is 2.95. The summed E-state index contributed by atoms with van der Waals surface area (Å²) in [4.78, 5) is 22.3. The summed E-state index contributed by atoms with van der Waals surface area (Å²) < 4.78 is 0. The molecule has 2 N–H and O–H groups in total. The Morgan fingerprint density at radius 3 is 2.45 bits per heavy atom. The van der Waals surface area contributed by atoms with Gasteiger partial charge in [-0.15, -0.1) is 0 Å². The minimum absolute atomic E-state index is 0.220. The lowest BCUT2D eigenvalue weighted by atomic mass is 9.86. The van der Waals surface area contributed by atoms with E-state index >= 15 is 0 Å². The quantitative estimate of drug-likeness (QED) is 0.878. The van der Waals surface area contributed by atoms with E-state index in [1.165, 1.54) is 0 Å². The molecule has 0 amide bonds. The molecule has 100 valence electrons. The van der Waals surface area contributed by atoms with Gasteiger partial charge in [0.05, 0.1) is 11.1 Å². The van der Waals surface area contributed by atoms with Gasteiger partial charge in [0.15, 0.2) is 0 Å². The summed E-state index contributed by atoms with van der Waals surface area (Å²) in [5.74, 6) is -1.92. The van der Waals surface area contributed by atoms with Gasteiger partial charge < -0.3 is 10.2 Å². The number of aliphatic carboxylic acids is 1. The third-order valence-electron chi connectivity index (χ3n) is 3.64. The summed E-state index contributed by atoms with van der Waals surface area (Å²) in [7, 11) is 0. The lowest BCUT2D eigenvalue weighted by Crippen LogP contribution is -2.08. The van der Waals surface area contributed by atoms with Gasteiger partial charge in [0.1, 0.15) is 0 Å². The first kappa shape index (κ1) is 12.4. The molecular weight excluding hydrogens is 256 g/mol. The summed E-state index contributed by atoms with van der Waals surface area (Å²) >= 11 is 0. The maximum atomic E-state index is 11.3. The molecule has 3 rings (SSSR count). The van der Waals surface area contributed by atoms with Gasteiger partial charge in [-0.3, -0.25) is 0 Å². The fraction of sp³-hybridized carbons (Fsp3) is 0.125. The van der Waals surface area contributed by atoms with Crippen LogP contribution >= 0.6 is 0 Å². The smallest absolute Gasteiger partial charge is 0.335 e. The average molecular weight is 268 g/mol. The van der Waals surface area contributed by atoms with E-state index in [1.807, 2.05) is 6.07 Å². The van der Waals surface area contributed by atoms with Crippen LogP contribution in [0.15, 0.2) is 36.4 Å². The summed E-state index contributed by atoms with van der Waals surface area (Å²) in [6, 6.07) is 8.59. The highest BCUT2D eigenvalue weighted by molar-refractivity contribution is 6.17. The van der Waals surface area contributed by atoms with Crippen molar-refractivity contribution in [3.05, 3.63) is 53.1 Å². The summed E-state index contributed by atoms with van der Waals surface area (Å²) in [6.07, 6.45) is 3.11. The monoisotopic (exact) mass is 268 g/mol. The molecule has 2 aromatic carbocycles. The molecular formula is C16H12O4. The number of carboxylic acid groups (broad SMARTS) is 2. The number of fused-ring (bicyclic) bond motifs is 3. The second kappa shape index (κ2) is 4.49. The van der Waals surface area contributed by atoms with Gasteiger partial charge in [-0.2, -0.15) is 0 Å². The molecule has 0 aromatic heterocycles. The maximum absolute atomic E-state index is 11.3. The Morgan fingerprint density at radius 2 is 1.75 bits per heavy atom. The molecule has 20 heavy (non-hydrogen) atoms. The normalized spacial score (nSPS) is 13.7. The molecule has 0 fully saturated rings. The molecule has 1 aliphatic carbocycles. The molecule has 1 aliphatic rings. The van der Waals surface area contributed by atoms with E-state index < -0.39 is 11.9 Å². The number of hydrogen-bond donors (Lipinski definition) is 2. The van der Waals surface area contributed by atoms with Gasteiger partial charge in [-0.05, 0) is 46.9 Å². The second-order valence-electron chi connectivity index (χ2n) is 4.79. The predicted molar refractivity (Wildman–Crippen MR) is 74.8 cm³/mol. The molecule has 4 nitrogen and oxygen atoms in total. The fourth-order valence-electron chi connectivity index (χ4n) is 2.71. The number of aromatic carboxylic acids is 1. The van der Waals surface area contributed by atoms with E-state index in [2.05, 4.69) is 0 Å². The molecule has 0 bridgehead atoms. The van der Waals surface area contributed by atoms with E-state index in [0.29, 0.717) is 17.6 Å². The van der Waals surface area contributed by atoms with Crippen LogP contribution in [0.4, 0.5) is 0 Å². The van der Waals surface area contributed by atoms with Crippen LogP contribution in [0, 0.1) is 0 Å². The Morgan fingerprint density at radius 1 is 1.00 bits per heavy atom. The lowest BCUT2D eigenvalue weighted by Gasteiger charge is -2.17. The molecule has 0 aliphatic heterocycles. The highest BCUT2D eigenvalue weighted by atomic mass is 16.4. The Hall–Kier alpha value is -2.62. The molecule has 2 aromatic rings. The van der Waals surface area contributed by atoms with Crippen molar-refractivity contribution in [1.29, 1.82) is 0 Å². The molecule has 0 saturated heterocycles. The van der Waals surface area contributed by atoms with E-state index in [0.717, 1.165) is 22.8 Å². The summed E-state index contributed by atoms with van der Waals surface area (Å²) in [6.45, 7) is 0. The number of carboxylic acids is 2. The van der Waals surface area contributed by atoms with Gasteiger partial charge in [-0.25, -0.2) is 9.59 Å². The van der Waals surface area contributed by atoms with Gasteiger partial charge >= 0.3 is 11.9 Å². The number of carbonyl (C=O) groups is 2. The Bertz CT molecular complexity index is 771. The zero-order valence-electron chi connectivity index (χ0n) is 10.6. The fourth-order valence-corrected chi connectivity index (χ4v) is 2.71. The van der Waals surface area contributed by atoms with Gasteiger partial charge in [0.2, 0.25) is 0 Å². The Kier molecular flexibility index (Phi) is 2.79. The van der Waals surface area contributed by atoms with E-state index in [4.69, 9.17) is 5.11 Å². The highest BCUT2D eigenvalue weighted by Crippen LogP contribution is 2.33. The molecule has 0 heterocycles. The van der Waals surface area contributed by atoms with Crippen LogP contribution in [0.2, 0.25) is 0 Å². The minimum Gasteiger partial charge on any atom is -0.478 e. The summed E-state index contributed by atoms with van der Waals surface area (Å²) in [5, 5.41) is 20.1. The van der Waals surface area contributed by atoms with Crippen molar-refractivity contribution in [2.45, 2.75) is 12.8 Å². The first-order chi connectivity index (χ1) is 9.58. The number of aryl methyl sites for hydroxylation is 1. The van der Waals surface area contributed by atoms with Crippen LogP contribution in [0.3, 0.4) is 0 Å². The van der Waals surface area contributed by atoms with Crippen molar-refractivity contribution in [2.24, 2.45) is 0 Å². The largest absolute Gasteiger partial charge is 0.478 e. The zero-order chi connectivity index (χ0) is 14.3. The Balaban J connectivity index is 2.30. The van der Waals surface area contributed by atoms with Crippen LogP contribution < -0.4 is 0 Å². The zero-order valence-corrected chi connectivity index (χ0v) is 10.6. The average Bonchev–Trinajstić information content (AvgIpc) is 2.45. The van der Waals surface area contributed by atoms with Crippen molar-refractivity contribution < 1.29 is 19.8 Å². The Labute approximate surface area is 115 Å². The van der Waals surface area contributed by atoms with Crippen molar-refractivity contribution in [1.82, 2.24) is 0 Å². The second-order valence-corrected chi connectivity index (χ2v) is 4.79. The number of hydrogen-bond acceptors (Lipinski definition) is 2. The van der Waals surface area contributed by atoms with Crippen LogP contribution in [-0.2, 0) is 11.2 Å². The minimum atomic E-state index is -0.977. The van der Waals surface area contributed by atoms with Crippen LogP contribution in [0.1, 0.15) is 27.9 Å². The van der Waals surface area contributed by atoms with Crippen molar-refractivity contribution in [2.75, 3.05) is 0 Å². The van der Waals surface area contributed by atoms with Crippen LogP contribution in [0.5, 0.6) is 0 Å². The molecule has 0 unspecified atom stereocenters. The maximum Gasteiger partial charge on any atom is 0.335 e. The number of allylic oxidation sites excluding steroid dienone is 1. The van der Waals surface area contributed by atoms with E-state index in [-0.39, 0.29) is 5.56 Å². The number of benzene rings is 2. The third kappa shape index (κ3) is 1.86. The first-order valence-corrected chi connectivity index (χ1v) is 6.30. The third-order valence-corrected chi connectivity index (χ3v) is 3.64. The van der Waals surface area contributed by atoms with Crippen molar-refractivity contribution >= 4 is 28.3 Å². The van der Waals surface area contributed by atoms with Crippen molar-refractivity contribution in [3.8, 4) is 0 Å². The highest BCUT2D eigenvalue weighted by Gasteiger charge is 2.20. The lowest BCUT2D eigenvalue weighted by molar-refractivity contribution is -0.130. The molecule has 0 spiro atoms. The van der Waals surface area contributed by atoms with Crippen molar-refractivity contribution in [3.63, 3.8) is 0 Å². The SMILES string of the molecule is O=C(O)C1=CCCc2c1ccc1ccc(C(=O)O)cc21. The molecule has 0 radical (unpaired) electrons. The first-order valence-electron chi connectivity index (χ1n) is 6.30. The molecule has 0 atom stereocenters. The van der Waals surface area contributed by atoms with Crippen LogP contribution in [0.25, 0.3) is 16.3 Å². The number of rotatable bonds is 2. The molecule has 0 saturated carbocycles. The van der Waals surface area contributed by atoms with E-state index in [9.17, 15) is 14.7 Å². The van der Waals surface area contributed by atoms with Gasteiger partial charge in [0, 0.05) is 0 Å². The topological polar surface area (TPSA) is 74.6 Å². The van der Waals surface area contributed by atoms with Gasteiger partial charge in [0.25, 0.3) is 0 Å². The van der Waals surface area contributed by atoms with Gasteiger partial charge in [-0.1, -0.05) is 24.3 Å². The van der Waals surface area contributed by atoms with Crippen LogP contribution in [-0.4, -0.2) is 22.2 Å². The summed E-state index contributed by atoms with van der Waals surface area (Å²) in [5.41, 5.74) is 2.13. The van der Waals surface area contributed by atoms with E-state index in [1.54, 1.807) is 30.3 Å². The standard InChI is InChI=1S/C16H12O4/c17-15(18)10-5-4-9-6-7-12-11(14(9)8-10)2-1-3-13(12)16(19)20/h3-8H,1-2H2,(H,17,18)(H,19,20). The molecule has 4 heteroatoms.